The average Bonchev–Trinajstić information content (AvgIpc) is 3.30. The number of nitrogens with zero attached hydrogens (tertiary/aromatic N) is 5. The highest BCUT2D eigenvalue weighted by Crippen LogP contribution is 2.36. The van der Waals surface area contributed by atoms with Crippen molar-refractivity contribution in [2.75, 3.05) is 13.1 Å². The Morgan fingerprint density at radius 1 is 1.22 bits per heavy atom. The van der Waals surface area contributed by atoms with E-state index >= 15 is 4.39 Å². The van der Waals surface area contributed by atoms with Crippen LogP contribution in [0.5, 0.6) is 0 Å². The third-order valence-corrected chi connectivity index (χ3v) is 4.72. The van der Waals surface area contributed by atoms with Gasteiger partial charge in [-0.05, 0) is 38.8 Å². The summed E-state index contributed by atoms with van der Waals surface area (Å²) in [6.07, 6.45) is 3.89. The molecule has 1 aliphatic rings. The zero-order valence-electron chi connectivity index (χ0n) is 15.0. The number of likely N-dealkylation sites (tertiary alicyclic amines) is 1. The van der Waals surface area contributed by atoms with Gasteiger partial charge in [-0.3, -0.25) is 9.78 Å². The van der Waals surface area contributed by atoms with E-state index in [9.17, 15) is 4.79 Å². The van der Waals surface area contributed by atoms with E-state index in [2.05, 4.69) is 20.3 Å². The smallest absolute Gasteiger partial charge is 0.266 e. The number of amides is 1. The molecular formula is C18H18FN5O3. The average molecular weight is 371 g/mol. The van der Waals surface area contributed by atoms with Gasteiger partial charge in [0, 0.05) is 24.5 Å². The van der Waals surface area contributed by atoms with E-state index in [1.54, 1.807) is 38.4 Å². The van der Waals surface area contributed by atoms with Crippen LogP contribution in [0.3, 0.4) is 0 Å². The first-order chi connectivity index (χ1) is 13.0. The van der Waals surface area contributed by atoms with Gasteiger partial charge in [0.05, 0.1) is 12.2 Å². The fourth-order valence-corrected chi connectivity index (χ4v) is 3.33. The second-order valence-corrected chi connectivity index (χ2v) is 6.65. The molecule has 0 radical (unpaired) electrons. The summed E-state index contributed by atoms with van der Waals surface area (Å²) in [7, 11) is 0. The van der Waals surface area contributed by atoms with Crippen LogP contribution < -0.4 is 0 Å². The fraction of sp³-hybridized carbons (Fsp3) is 0.389. The first-order valence-electron chi connectivity index (χ1n) is 8.63. The monoisotopic (exact) mass is 371 g/mol. The van der Waals surface area contributed by atoms with Crippen molar-refractivity contribution in [1.82, 2.24) is 25.2 Å². The standard InChI is InChI=1S/C18H18FN5O3/c1-11-14(12(2)26-22-11)16(25)24-9-3-6-18(19,10-24)17-21-15(23-27-17)13-4-7-20-8-5-13/h4-5,7-8H,3,6,9-10H2,1-2H3. The zero-order valence-corrected chi connectivity index (χ0v) is 15.0. The molecule has 0 spiro atoms. The molecule has 1 saturated heterocycles. The van der Waals surface area contributed by atoms with Crippen molar-refractivity contribution in [2.24, 2.45) is 0 Å². The molecule has 4 rings (SSSR count). The maximum absolute atomic E-state index is 15.6. The molecule has 1 fully saturated rings. The lowest BCUT2D eigenvalue weighted by Crippen LogP contribution is -2.46. The molecule has 1 amide bonds. The van der Waals surface area contributed by atoms with Crippen LogP contribution >= 0.6 is 0 Å². The van der Waals surface area contributed by atoms with Gasteiger partial charge < -0.3 is 13.9 Å². The second-order valence-electron chi connectivity index (χ2n) is 6.65. The summed E-state index contributed by atoms with van der Waals surface area (Å²) in [6.45, 7) is 3.64. The third kappa shape index (κ3) is 3.09. The van der Waals surface area contributed by atoms with Crippen LogP contribution in [0.2, 0.25) is 0 Å². The minimum Gasteiger partial charge on any atom is -0.361 e. The number of alkyl halides is 1. The summed E-state index contributed by atoms with van der Waals surface area (Å²) in [5.74, 6) is 0.288. The lowest BCUT2D eigenvalue weighted by Gasteiger charge is -2.35. The van der Waals surface area contributed by atoms with Gasteiger partial charge in [0.2, 0.25) is 11.5 Å². The number of piperidine rings is 1. The molecule has 27 heavy (non-hydrogen) atoms. The topological polar surface area (TPSA) is 98.2 Å². The van der Waals surface area contributed by atoms with Gasteiger partial charge in [0.15, 0.2) is 0 Å². The highest BCUT2D eigenvalue weighted by Gasteiger charge is 2.44. The Balaban J connectivity index is 1.59. The predicted molar refractivity (Wildman–Crippen MR) is 91.4 cm³/mol. The van der Waals surface area contributed by atoms with E-state index in [4.69, 9.17) is 9.05 Å². The van der Waals surface area contributed by atoms with Crippen molar-refractivity contribution in [2.45, 2.75) is 32.4 Å². The number of aromatic nitrogens is 4. The molecule has 0 aliphatic carbocycles. The number of pyridine rings is 1. The van der Waals surface area contributed by atoms with Crippen molar-refractivity contribution >= 4 is 5.91 Å². The second kappa shape index (κ2) is 6.57. The quantitative estimate of drug-likeness (QED) is 0.698. The van der Waals surface area contributed by atoms with E-state index in [0.717, 1.165) is 0 Å². The van der Waals surface area contributed by atoms with E-state index in [1.807, 2.05) is 0 Å². The van der Waals surface area contributed by atoms with Crippen LogP contribution in [0.25, 0.3) is 11.4 Å². The Morgan fingerprint density at radius 3 is 2.70 bits per heavy atom. The van der Waals surface area contributed by atoms with Crippen LogP contribution in [0.1, 0.15) is 40.5 Å². The number of carbonyl (C=O) groups is 1. The molecule has 0 aromatic carbocycles. The maximum Gasteiger partial charge on any atom is 0.266 e. The van der Waals surface area contributed by atoms with Gasteiger partial charge >= 0.3 is 0 Å². The van der Waals surface area contributed by atoms with Crippen molar-refractivity contribution < 1.29 is 18.2 Å². The van der Waals surface area contributed by atoms with E-state index < -0.39 is 5.67 Å². The molecule has 0 N–H and O–H groups in total. The first kappa shape index (κ1) is 17.3. The Hall–Kier alpha value is -3.10. The fourth-order valence-electron chi connectivity index (χ4n) is 3.33. The van der Waals surface area contributed by atoms with Crippen LogP contribution in [0.15, 0.2) is 33.6 Å². The molecule has 3 aromatic rings. The molecule has 3 aromatic heterocycles. The van der Waals surface area contributed by atoms with Crippen LogP contribution in [0, 0.1) is 13.8 Å². The highest BCUT2D eigenvalue weighted by molar-refractivity contribution is 5.96. The predicted octanol–water partition coefficient (Wildman–Crippen LogP) is 2.84. The number of hydrogen-bond donors (Lipinski definition) is 0. The van der Waals surface area contributed by atoms with Gasteiger partial charge in [0.1, 0.15) is 11.3 Å². The summed E-state index contributed by atoms with van der Waals surface area (Å²) in [6, 6.07) is 3.43. The summed E-state index contributed by atoms with van der Waals surface area (Å²) in [5.41, 5.74) is -0.346. The summed E-state index contributed by atoms with van der Waals surface area (Å²) < 4.78 is 25.9. The van der Waals surface area contributed by atoms with Gasteiger partial charge in [-0.25, -0.2) is 4.39 Å². The molecule has 9 heteroatoms. The molecule has 140 valence electrons. The van der Waals surface area contributed by atoms with Crippen LogP contribution in [-0.2, 0) is 5.67 Å². The zero-order chi connectivity index (χ0) is 19.0. The molecule has 8 nitrogen and oxygen atoms in total. The number of halogens is 1. The number of aryl methyl sites for hydroxylation is 2. The van der Waals surface area contributed by atoms with Crippen molar-refractivity contribution in [3.05, 3.63) is 47.4 Å². The third-order valence-electron chi connectivity index (χ3n) is 4.72. The van der Waals surface area contributed by atoms with Gasteiger partial charge in [-0.2, -0.15) is 4.98 Å². The molecule has 1 atom stereocenters. The Kier molecular flexibility index (Phi) is 4.21. The number of rotatable bonds is 3. The lowest BCUT2D eigenvalue weighted by molar-refractivity contribution is 0.0151. The van der Waals surface area contributed by atoms with Gasteiger partial charge in [0.25, 0.3) is 11.8 Å². The Bertz CT molecular complexity index is 951. The SMILES string of the molecule is Cc1noc(C)c1C(=O)N1CCCC(F)(c2nc(-c3ccncc3)no2)C1. The minimum atomic E-state index is -1.90. The Labute approximate surface area is 154 Å². The summed E-state index contributed by atoms with van der Waals surface area (Å²) >= 11 is 0. The summed E-state index contributed by atoms with van der Waals surface area (Å²) in [4.78, 5) is 22.4. The molecule has 4 heterocycles. The normalized spacial score (nSPS) is 20.0. The van der Waals surface area contributed by atoms with Crippen molar-refractivity contribution in [3.63, 3.8) is 0 Å². The maximum atomic E-state index is 15.6. The summed E-state index contributed by atoms with van der Waals surface area (Å²) in [5, 5.41) is 7.67. The van der Waals surface area contributed by atoms with E-state index in [0.29, 0.717) is 41.4 Å². The van der Waals surface area contributed by atoms with Crippen LogP contribution in [0.4, 0.5) is 4.39 Å². The molecule has 0 saturated carbocycles. The minimum absolute atomic E-state index is 0.120. The molecule has 0 bridgehead atoms. The van der Waals surface area contributed by atoms with E-state index in [1.165, 1.54) is 4.90 Å². The van der Waals surface area contributed by atoms with Crippen LogP contribution in [-0.4, -0.2) is 44.2 Å². The molecule has 1 aliphatic heterocycles. The lowest BCUT2D eigenvalue weighted by atomic mass is 9.94. The van der Waals surface area contributed by atoms with Gasteiger partial charge in [-0.1, -0.05) is 10.3 Å². The van der Waals surface area contributed by atoms with Crippen molar-refractivity contribution in [3.8, 4) is 11.4 Å². The largest absolute Gasteiger partial charge is 0.361 e. The Morgan fingerprint density at radius 2 is 2.00 bits per heavy atom. The number of hydrogen-bond acceptors (Lipinski definition) is 7. The highest BCUT2D eigenvalue weighted by atomic mass is 19.1. The number of carbonyl (C=O) groups excluding carboxylic acids is 1. The molecular weight excluding hydrogens is 353 g/mol. The van der Waals surface area contributed by atoms with Gasteiger partial charge in [-0.15, -0.1) is 0 Å². The van der Waals surface area contributed by atoms with Crippen molar-refractivity contribution in [1.29, 1.82) is 0 Å². The van der Waals surface area contributed by atoms with E-state index in [-0.39, 0.29) is 24.8 Å². The first-order valence-corrected chi connectivity index (χ1v) is 8.63. The molecule has 1 unspecified atom stereocenters.